The van der Waals surface area contributed by atoms with E-state index < -0.39 is 24.1 Å². The van der Waals surface area contributed by atoms with Gasteiger partial charge in [-0.05, 0) is 17.2 Å². The average Bonchev–Trinajstić information content (AvgIpc) is 2.47. The third-order valence-electron chi connectivity index (χ3n) is 2.94. The number of halogens is 3. The molecule has 104 valence electrons. The highest BCUT2D eigenvalue weighted by atomic mass is 19.3. The molecule has 1 N–H and O–H groups in total. The zero-order chi connectivity index (χ0) is 14.8. The second-order valence-electron chi connectivity index (χ2n) is 4.27. The molecule has 2 nitrogen and oxygen atoms in total. The van der Waals surface area contributed by atoms with Gasteiger partial charge in [-0.3, -0.25) is 0 Å². The number of benzene rings is 2. The van der Waals surface area contributed by atoms with Crippen molar-refractivity contribution in [1.82, 2.24) is 0 Å². The molecule has 0 spiro atoms. The Labute approximate surface area is 113 Å². The van der Waals surface area contributed by atoms with E-state index in [0.717, 1.165) is 12.1 Å². The largest absolute Gasteiger partial charge is 0.478 e. The van der Waals surface area contributed by atoms with Crippen LogP contribution in [0.15, 0.2) is 48.5 Å². The first-order valence-electron chi connectivity index (χ1n) is 5.83. The number of hydrogen-bond donors (Lipinski definition) is 1. The minimum atomic E-state index is -3.52. The monoisotopic (exact) mass is 280 g/mol. The quantitative estimate of drug-likeness (QED) is 0.915. The van der Waals surface area contributed by atoms with Gasteiger partial charge in [0.15, 0.2) is 6.67 Å². The molecule has 5 heteroatoms. The third kappa shape index (κ3) is 2.66. The van der Waals surface area contributed by atoms with Gasteiger partial charge >= 0.3 is 11.9 Å². The van der Waals surface area contributed by atoms with E-state index in [-0.39, 0.29) is 5.56 Å². The number of carboxylic acid groups (broad SMARTS) is 1. The van der Waals surface area contributed by atoms with Crippen LogP contribution >= 0.6 is 0 Å². The highest BCUT2D eigenvalue weighted by Gasteiger charge is 2.31. The summed E-state index contributed by atoms with van der Waals surface area (Å²) >= 11 is 0. The fraction of sp³-hybridized carbons (Fsp3) is 0.133. The van der Waals surface area contributed by atoms with Gasteiger partial charge in [-0.2, -0.15) is 8.78 Å². The van der Waals surface area contributed by atoms with E-state index in [1.165, 1.54) is 18.2 Å². The van der Waals surface area contributed by atoms with Crippen molar-refractivity contribution in [2.24, 2.45) is 0 Å². The molecular weight excluding hydrogens is 269 g/mol. The molecule has 0 saturated carbocycles. The summed E-state index contributed by atoms with van der Waals surface area (Å²) in [7, 11) is 0. The number of rotatable bonds is 4. The van der Waals surface area contributed by atoms with Crippen molar-refractivity contribution in [3.05, 3.63) is 59.7 Å². The molecule has 0 bridgehead atoms. The van der Waals surface area contributed by atoms with E-state index in [1.807, 2.05) is 0 Å². The van der Waals surface area contributed by atoms with Crippen LogP contribution < -0.4 is 0 Å². The number of carboxylic acids is 1. The summed E-state index contributed by atoms with van der Waals surface area (Å²) < 4.78 is 38.5. The summed E-state index contributed by atoms with van der Waals surface area (Å²) in [5.41, 5.74) is 0.561. The molecule has 0 unspecified atom stereocenters. The van der Waals surface area contributed by atoms with Gasteiger partial charge in [0, 0.05) is 5.56 Å². The fourth-order valence-electron chi connectivity index (χ4n) is 1.89. The van der Waals surface area contributed by atoms with Crippen molar-refractivity contribution >= 4 is 5.97 Å². The van der Waals surface area contributed by atoms with Crippen LogP contribution in [0.2, 0.25) is 0 Å². The first kappa shape index (κ1) is 14.1. The Morgan fingerprint density at radius 2 is 1.65 bits per heavy atom. The maximum Gasteiger partial charge on any atom is 0.336 e. The first-order valence-corrected chi connectivity index (χ1v) is 5.83. The van der Waals surface area contributed by atoms with E-state index in [2.05, 4.69) is 0 Å². The lowest BCUT2D eigenvalue weighted by Gasteiger charge is -2.13. The predicted molar refractivity (Wildman–Crippen MR) is 68.7 cm³/mol. The summed E-state index contributed by atoms with van der Waals surface area (Å²) in [6.07, 6.45) is 0. The molecule has 20 heavy (non-hydrogen) atoms. The standard InChI is InChI=1S/C15H11F3O2/c16-9-15(17,18)11-7-5-10(6-8-11)12-3-1-2-4-13(12)14(19)20/h1-8H,9H2,(H,19,20). The van der Waals surface area contributed by atoms with Gasteiger partial charge in [0.2, 0.25) is 0 Å². The van der Waals surface area contributed by atoms with Crippen molar-refractivity contribution in [1.29, 1.82) is 0 Å². The Balaban J connectivity index is 2.43. The summed E-state index contributed by atoms with van der Waals surface area (Å²) in [6, 6.07) is 11.2. The van der Waals surface area contributed by atoms with Crippen LogP contribution in [-0.2, 0) is 5.92 Å². The van der Waals surface area contributed by atoms with Crippen LogP contribution in [0.4, 0.5) is 13.2 Å². The van der Waals surface area contributed by atoms with Gasteiger partial charge < -0.3 is 5.11 Å². The Morgan fingerprint density at radius 3 is 2.20 bits per heavy atom. The molecule has 2 aromatic carbocycles. The number of alkyl halides is 3. The third-order valence-corrected chi connectivity index (χ3v) is 2.94. The normalized spacial score (nSPS) is 11.3. The first-order chi connectivity index (χ1) is 9.45. The number of aromatic carboxylic acids is 1. The average molecular weight is 280 g/mol. The summed E-state index contributed by atoms with van der Waals surface area (Å²) in [4.78, 5) is 11.1. The molecule has 2 rings (SSSR count). The minimum absolute atomic E-state index is 0.0810. The molecule has 0 aliphatic rings. The molecule has 0 saturated heterocycles. The summed E-state index contributed by atoms with van der Waals surface area (Å²) in [5.74, 6) is -4.62. The zero-order valence-corrected chi connectivity index (χ0v) is 10.3. The topological polar surface area (TPSA) is 37.3 Å². The van der Waals surface area contributed by atoms with E-state index in [4.69, 9.17) is 5.11 Å². The smallest absolute Gasteiger partial charge is 0.336 e. The van der Waals surface area contributed by atoms with Crippen molar-refractivity contribution in [3.8, 4) is 11.1 Å². The Morgan fingerprint density at radius 1 is 1.05 bits per heavy atom. The Bertz CT molecular complexity index is 621. The molecule has 0 aliphatic heterocycles. The summed E-state index contributed by atoms with van der Waals surface area (Å²) in [5, 5.41) is 9.08. The summed E-state index contributed by atoms with van der Waals surface area (Å²) in [6.45, 7) is -1.77. The van der Waals surface area contributed by atoms with E-state index in [0.29, 0.717) is 11.1 Å². The molecule has 2 aromatic rings. The van der Waals surface area contributed by atoms with E-state index >= 15 is 0 Å². The molecule has 0 fully saturated rings. The van der Waals surface area contributed by atoms with E-state index in [1.54, 1.807) is 18.2 Å². The van der Waals surface area contributed by atoms with E-state index in [9.17, 15) is 18.0 Å². The second-order valence-corrected chi connectivity index (χ2v) is 4.27. The molecule has 0 amide bonds. The fourth-order valence-corrected chi connectivity index (χ4v) is 1.89. The van der Waals surface area contributed by atoms with Crippen LogP contribution in [0.25, 0.3) is 11.1 Å². The Kier molecular flexibility index (Phi) is 3.79. The number of hydrogen-bond acceptors (Lipinski definition) is 1. The van der Waals surface area contributed by atoms with Gasteiger partial charge in [0.05, 0.1) is 5.56 Å². The highest BCUT2D eigenvalue weighted by molar-refractivity contribution is 5.95. The SMILES string of the molecule is O=C(O)c1ccccc1-c1ccc(C(F)(F)CF)cc1. The van der Waals surface area contributed by atoms with Crippen molar-refractivity contribution in [2.45, 2.75) is 5.92 Å². The van der Waals surface area contributed by atoms with Gasteiger partial charge in [-0.1, -0.05) is 42.5 Å². The highest BCUT2D eigenvalue weighted by Crippen LogP contribution is 2.31. The molecule has 0 radical (unpaired) electrons. The van der Waals surface area contributed by atoms with Gasteiger partial charge in [-0.15, -0.1) is 0 Å². The lowest BCUT2D eigenvalue weighted by Crippen LogP contribution is -2.15. The van der Waals surface area contributed by atoms with Crippen molar-refractivity contribution in [3.63, 3.8) is 0 Å². The van der Waals surface area contributed by atoms with Crippen molar-refractivity contribution in [2.75, 3.05) is 6.67 Å². The van der Waals surface area contributed by atoms with Crippen LogP contribution in [0.1, 0.15) is 15.9 Å². The number of carbonyl (C=O) groups is 1. The van der Waals surface area contributed by atoms with Crippen LogP contribution in [0, 0.1) is 0 Å². The lowest BCUT2D eigenvalue weighted by atomic mass is 9.97. The van der Waals surface area contributed by atoms with Crippen LogP contribution in [-0.4, -0.2) is 17.8 Å². The lowest BCUT2D eigenvalue weighted by molar-refractivity contribution is -0.0280. The van der Waals surface area contributed by atoms with Gasteiger partial charge in [-0.25, -0.2) is 9.18 Å². The maximum absolute atomic E-state index is 13.2. The zero-order valence-electron chi connectivity index (χ0n) is 10.3. The molecule has 0 atom stereocenters. The van der Waals surface area contributed by atoms with Gasteiger partial charge in [0.25, 0.3) is 0 Å². The second kappa shape index (κ2) is 5.36. The molecular formula is C15H11F3O2. The van der Waals surface area contributed by atoms with Crippen LogP contribution in [0.5, 0.6) is 0 Å². The Hall–Kier alpha value is -2.30. The molecule has 0 aliphatic carbocycles. The molecule has 0 aromatic heterocycles. The minimum Gasteiger partial charge on any atom is -0.478 e. The van der Waals surface area contributed by atoms with Crippen LogP contribution in [0.3, 0.4) is 0 Å². The van der Waals surface area contributed by atoms with Gasteiger partial charge in [0.1, 0.15) is 0 Å². The van der Waals surface area contributed by atoms with Crippen molar-refractivity contribution < 1.29 is 23.1 Å². The predicted octanol–water partition coefficient (Wildman–Crippen LogP) is 4.11. The molecule has 0 heterocycles. The maximum atomic E-state index is 13.2.